The number of carbonyl (C=O) groups excluding carboxylic acids is 2. The topological polar surface area (TPSA) is 112 Å². The third-order valence-corrected chi connectivity index (χ3v) is 4.23. The first-order valence-corrected chi connectivity index (χ1v) is 8.34. The highest BCUT2D eigenvalue weighted by molar-refractivity contribution is 5.97. The number of ether oxygens (including phenoxy) is 1. The lowest BCUT2D eigenvalue weighted by atomic mass is 10.0. The first-order chi connectivity index (χ1) is 13.4. The lowest BCUT2D eigenvalue weighted by molar-refractivity contribution is -0.119. The molecule has 1 atom stereocenters. The van der Waals surface area contributed by atoms with Gasteiger partial charge in [-0.3, -0.25) is 9.59 Å². The summed E-state index contributed by atoms with van der Waals surface area (Å²) in [5, 5.41) is 2.98. The van der Waals surface area contributed by atoms with Crippen LogP contribution in [0.5, 0.6) is 5.75 Å². The van der Waals surface area contributed by atoms with Crippen LogP contribution < -0.4 is 21.4 Å². The zero-order valence-electron chi connectivity index (χ0n) is 14.9. The van der Waals surface area contributed by atoms with Crippen LogP contribution in [0.3, 0.4) is 0 Å². The summed E-state index contributed by atoms with van der Waals surface area (Å²) < 4.78 is 24.1. The molecule has 7 nitrogen and oxygen atoms in total. The van der Waals surface area contributed by atoms with Crippen molar-refractivity contribution in [2.75, 3.05) is 7.11 Å². The second-order valence-electron chi connectivity index (χ2n) is 6.07. The molecule has 2 amide bonds. The van der Waals surface area contributed by atoms with Gasteiger partial charge in [-0.15, -0.1) is 0 Å². The zero-order valence-corrected chi connectivity index (χ0v) is 14.9. The normalized spacial score (nSPS) is 11.8. The van der Waals surface area contributed by atoms with Crippen LogP contribution >= 0.6 is 0 Å². The van der Waals surface area contributed by atoms with Gasteiger partial charge in [0.1, 0.15) is 23.2 Å². The molecular weight excluding hydrogens is 367 g/mol. The zero-order chi connectivity index (χ0) is 20.3. The molecule has 3 aromatic rings. The van der Waals surface area contributed by atoms with Gasteiger partial charge in [0.2, 0.25) is 5.91 Å². The Kier molecular flexibility index (Phi) is 5.39. The summed E-state index contributed by atoms with van der Waals surface area (Å²) in [4.78, 5) is 36.1. The number of methoxy groups -OCH3 is 1. The largest absolute Gasteiger partial charge is 0.497 e. The Morgan fingerprint density at radius 2 is 1.96 bits per heavy atom. The van der Waals surface area contributed by atoms with Crippen molar-refractivity contribution in [2.24, 2.45) is 5.73 Å². The molecule has 0 bridgehead atoms. The fraction of sp³-hybridized carbons (Fsp3) is 0.150. The Labute approximate surface area is 158 Å². The first-order valence-electron chi connectivity index (χ1n) is 8.34. The number of nitrogens with two attached hydrogens (primary N) is 1. The molecule has 0 spiro atoms. The van der Waals surface area contributed by atoms with Crippen molar-refractivity contribution in [3.05, 3.63) is 75.9 Å². The maximum absolute atomic E-state index is 13.8. The lowest BCUT2D eigenvalue weighted by Crippen LogP contribution is -2.46. The van der Waals surface area contributed by atoms with Crippen molar-refractivity contribution in [3.8, 4) is 5.75 Å². The summed E-state index contributed by atoms with van der Waals surface area (Å²) in [5.74, 6) is -1.83. The number of nitrogens with one attached hydrogen (secondary N) is 1. The molecule has 0 saturated heterocycles. The predicted molar refractivity (Wildman–Crippen MR) is 99.6 cm³/mol. The maximum Gasteiger partial charge on any atom is 0.336 e. The van der Waals surface area contributed by atoms with E-state index >= 15 is 0 Å². The minimum absolute atomic E-state index is 0.0655. The van der Waals surface area contributed by atoms with Gasteiger partial charge in [0.05, 0.1) is 12.7 Å². The van der Waals surface area contributed by atoms with Crippen molar-refractivity contribution in [1.29, 1.82) is 0 Å². The van der Waals surface area contributed by atoms with E-state index in [1.807, 2.05) is 0 Å². The smallest absolute Gasteiger partial charge is 0.336 e. The molecule has 2 aromatic carbocycles. The highest BCUT2D eigenvalue weighted by Crippen LogP contribution is 2.23. The van der Waals surface area contributed by atoms with Crippen LogP contribution in [0.15, 0.2) is 57.7 Å². The van der Waals surface area contributed by atoms with Gasteiger partial charge in [-0.2, -0.15) is 0 Å². The number of benzene rings is 2. The SMILES string of the molecule is COc1ccc2c(C[C@@H](NC(=O)c3ccccc3F)C(N)=O)cc(=O)oc2c1. The van der Waals surface area contributed by atoms with E-state index in [2.05, 4.69) is 5.32 Å². The van der Waals surface area contributed by atoms with Gasteiger partial charge in [0.15, 0.2) is 0 Å². The second kappa shape index (κ2) is 7.91. The van der Waals surface area contributed by atoms with Crippen molar-refractivity contribution in [1.82, 2.24) is 5.32 Å². The summed E-state index contributed by atoms with van der Waals surface area (Å²) >= 11 is 0. The minimum Gasteiger partial charge on any atom is -0.497 e. The Morgan fingerprint density at radius 1 is 1.21 bits per heavy atom. The number of halogens is 1. The van der Waals surface area contributed by atoms with Crippen LogP contribution in [0.25, 0.3) is 11.0 Å². The molecule has 0 unspecified atom stereocenters. The number of rotatable bonds is 6. The van der Waals surface area contributed by atoms with Crippen LogP contribution in [-0.4, -0.2) is 25.0 Å². The van der Waals surface area contributed by atoms with Crippen LogP contribution in [0.1, 0.15) is 15.9 Å². The molecule has 144 valence electrons. The Bertz CT molecular complexity index is 1110. The standard InChI is InChI=1S/C20H17FN2O5/c1-27-12-6-7-13-11(9-18(24)28-17(13)10-12)8-16(19(22)25)23-20(26)14-4-2-3-5-15(14)21/h2-7,9-10,16H,8H2,1H3,(H2,22,25)(H,23,26)/t16-/m1/s1. The average molecular weight is 384 g/mol. The number of primary amides is 1. The molecule has 28 heavy (non-hydrogen) atoms. The molecule has 0 saturated carbocycles. The van der Waals surface area contributed by atoms with E-state index in [0.29, 0.717) is 16.7 Å². The van der Waals surface area contributed by atoms with Gasteiger partial charge in [0.25, 0.3) is 5.91 Å². The number of hydrogen-bond acceptors (Lipinski definition) is 5. The van der Waals surface area contributed by atoms with Crippen LogP contribution in [0.2, 0.25) is 0 Å². The predicted octanol–water partition coefficient (Wildman–Crippen LogP) is 1.77. The van der Waals surface area contributed by atoms with E-state index in [0.717, 1.165) is 6.07 Å². The van der Waals surface area contributed by atoms with Gasteiger partial charge in [-0.25, -0.2) is 9.18 Å². The lowest BCUT2D eigenvalue weighted by Gasteiger charge is -2.17. The summed E-state index contributed by atoms with van der Waals surface area (Å²) in [7, 11) is 1.48. The molecule has 3 rings (SSSR count). The van der Waals surface area contributed by atoms with Gasteiger partial charge in [-0.1, -0.05) is 12.1 Å². The molecule has 8 heteroatoms. The summed E-state index contributed by atoms with van der Waals surface area (Å²) in [6, 6.07) is 10.3. The fourth-order valence-electron chi connectivity index (χ4n) is 2.83. The Hall–Kier alpha value is -3.68. The van der Waals surface area contributed by atoms with Crippen molar-refractivity contribution in [2.45, 2.75) is 12.5 Å². The van der Waals surface area contributed by atoms with Gasteiger partial charge in [-0.05, 0) is 29.8 Å². The van der Waals surface area contributed by atoms with Crippen molar-refractivity contribution < 1.29 is 23.1 Å². The fourth-order valence-corrected chi connectivity index (χ4v) is 2.83. The van der Waals surface area contributed by atoms with Crippen LogP contribution in [-0.2, 0) is 11.2 Å². The first kappa shape index (κ1) is 19.1. The van der Waals surface area contributed by atoms with E-state index in [4.69, 9.17) is 14.9 Å². The second-order valence-corrected chi connectivity index (χ2v) is 6.07. The summed E-state index contributed by atoms with van der Waals surface area (Å²) in [6.07, 6.45) is -0.0655. The van der Waals surface area contributed by atoms with E-state index in [-0.39, 0.29) is 17.6 Å². The summed E-state index contributed by atoms with van der Waals surface area (Å²) in [5.41, 5.74) is 5.29. The highest BCUT2D eigenvalue weighted by atomic mass is 19.1. The summed E-state index contributed by atoms with van der Waals surface area (Å²) in [6.45, 7) is 0. The number of hydrogen-bond donors (Lipinski definition) is 2. The third-order valence-electron chi connectivity index (χ3n) is 4.23. The van der Waals surface area contributed by atoms with E-state index in [1.54, 1.807) is 12.1 Å². The molecule has 0 aliphatic rings. The number of amides is 2. The molecule has 1 aromatic heterocycles. The highest BCUT2D eigenvalue weighted by Gasteiger charge is 2.22. The molecule has 3 N–H and O–H groups in total. The van der Waals surface area contributed by atoms with Gasteiger partial charge < -0.3 is 20.2 Å². The monoisotopic (exact) mass is 384 g/mol. The van der Waals surface area contributed by atoms with Crippen molar-refractivity contribution in [3.63, 3.8) is 0 Å². The van der Waals surface area contributed by atoms with E-state index in [9.17, 15) is 18.8 Å². The minimum atomic E-state index is -1.15. The Balaban J connectivity index is 1.93. The average Bonchev–Trinajstić information content (AvgIpc) is 2.66. The van der Waals surface area contributed by atoms with Crippen LogP contribution in [0, 0.1) is 5.82 Å². The third kappa shape index (κ3) is 4.01. The quantitative estimate of drug-likeness (QED) is 0.629. The number of carbonyl (C=O) groups is 2. The van der Waals surface area contributed by atoms with Gasteiger partial charge >= 0.3 is 5.63 Å². The number of fused-ring (bicyclic) bond motifs is 1. The molecule has 0 fully saturated rings. The molecule has 0 radical (unpaired) electrons. The van der Waals surface area contributed by atoms with Crippen molar-refractivity contribution >= 4 is 22.8 Å². The van der Waals surface area contributed by atoms with E-state index < -0.39 is 29.3 Å². The van der Waals surface area contributed by atoms with Crippen LogP contribution in [0.4, 0.5) is 4.39 Å². The molecule has 1 heterocycles. The maximum atomic E-state index is 13.8. The molecular formula is C20H17FN2O5. The van der Waals surface area contributed by atoms with E-state index in [1.165, 1.54) is 37.4 Å². The molecule has 0 aliphatic carbocycles. The Morgan fingerprint density at radius 3 is 2.64 bits per heavy atom. The molecule has 0 aliphatic heterocycles. The van der Waals surface area contributed by atoms with Gasteiger partial charge in [0, 0.05) is 23.9 Å².